The monoisotopic (exact) mass is 457 g/mol. The van der Waals surface area contributed by atoms with Crippen LogP contribution in [0.2, 0.25) is 5.02 Å². The molecule has 0 aliphatic carbocycles. The maximum atomic E-state index is 14.2. The third kappa shape index (κ3) is 5.06. The van der Waals surface area contributed by atoms with Crippen molar-refractivity contribution < 1.29 is 26.7 Å². The first-order valence-corrected chi connectivity index (χ1v) is 11.0. The van der Waals surface area contributed by atoms with E-state index in [0.717, 1.165) is 18.4 Å². The lowest BCUT2D eigenvalue weighted by molar-refractivity contribution is -0.123. The van der Waals surface area contributed by atoms with E-state index >= 15 is 0 Å². The molecule has 1 unspecified atom stereocenters. The molecule has 0 bridgehead atoms. The lowest BCUT2D eigenvalue weighted by Gasteiger charge is -2.17. The van der Waals surface area contributed by atoms with Crippen molar-refractivity contribution in [3.8, 4) is 0 Å². The van der Waals surface area contributed by atoms with Crippen molar-refractivity contribution in [1.29, 1.82) is 0 Å². The van der Waals surface area contributed by atoms with Crippen LogP contribution in [0, 0.1) is 11.6 Å². The molecular formula is C19H18ClF2N3O4S. The standard InChI is InChI=1S/C19H18ClF2N3O4S/c1-10(11-7-14(21)17(15(22)8-11)25-30(2,27)28)23-18(26)16-9-29-19(24-16)12-5-3-4-6-13(12)20/h3-8,10,16,25H,9H2,1-2H3,(H,23,26)/t10-,16?/m1/s1. The third-order valence-electron chi connectivity index (χ3n) is 4.27. The molecular weight excluding hydrogens is 440 g/mol. The molecule has 11 heteroatoms. The van der Waals surface area contributed by atoms with Crippen LogP contribution in [-0.2, 0) is 19.6 Å². The highest BCUT2D eigenvalue weighted by Gasteiger charge is 2.29. The third-order valence-corrected chi connectivity index (χ3v) is 5.17. The van der Waals surface area contributed by atoms with Gasteiger partial charge in [0.05, 0.1) is 22.9 Å². The molecule has 0 saturated carbocycles. The number of hydrogen-bond acceptors (Lipinski definition) is 5. The van der Waals surface area contributed by atoms with E-state index < -0.39 is 45.3 Å². The van der Waals surface area contributed by atoms with Crippen molar-refractivity contribution in [3.63, 3.8) is 0 Å². The first kappa shape index (κ1) is 22.0. The van der Waals surface area contributed by atoms with E-state index in [1.165, 1.54) is 6.92 Å². The number of nitrogens with one attached hydrogen (secondary N) is 2. The molecule has 2 atom stereocenters. The Morgan fingerprint density at radius 3 is 2.50 bits per heavy atom. The first-order chi connectivity index (χ1) is 14.0. The van der Waals surface area contributed by atoms with Gasteiger partial charge in [0.1, 0.15) is 12.3 Å². The van der Waals surface area contributed by atoms with Gasteiger partial charge in [-0.05, 0) is 36.8 Å². The summed E-state index contributed by atoms with van der Waals surface area (Å²) in [6.45, 7) is 1.53. The van der Waals surface area contributed by atoms with Gasteiger partial charge in [-0.15, -0.1) is 0 Å². The van der Waals surface area contributed by atoms with E-state index in [9.17, 15) is 22.0 Å². The number of halogens is 3. The van der Waals surface area contributed by atoms with Crippen LogP contribution >= 0.6 is 11.6 Å². The average Bonchev–Trinajstić information content (AvgIpc) is 3.14. The minimum absolute atomic E-state index is 0.000943. The SMILES string of the molecule is C[C@@H](NC(=O)C1COC(c2ccccc2Cl)=N1)c1cc(F)c(NS(C)(=O)=O)c(F)c1. The number of nitrogens with zero attached hydrogens (tertiary/aromatic N) is 1. The zero-order chi connectivity index (χ0) is 22.1. The van der Waals surface area contributed by atoms with Gasteiger partial charge in [0.2, 0.25) is 21.8 Å². The van der Waals surface area contributed by atoms with Crippen LogP contribution in [0.25, 0.3) is 0 Å². The van der Waals surface area contributed by atoms with Gasteiger partial charge in [0.25, 0.3) is 0 Å². The molecule has 1 aliphatic rings. The quantitative estimate of drug-likeness (QED) is 0.696. The second kappa shape index (κ2) is 8.57. The Morgan fingerprint density at radius 1 is 1.27 bits per heavy atom. The van der Waals surface area contributed by atoms with Gasteiger partial charge in [-0.1, -0.05) is 23.7 Å². The minimum Gasteiger partial charge on any atom is -0.475 e. The lowest BCUT2D eigenvalue weighted by atomic mass is 10.1. The number of aliphatic imine (C=N–C) groups is 1. The van der Waals surface area contributed by atoms with Gasteiger partial charge in [-0.3, -0.25) is 9.52 Å². The van der Waals surface area contributed by atoms with Crippen molar-refractivity contribution in [3.05, 3.63) is 64.2 Å². The predicted octanol–water partition coefficient (Wildman–Crippen LogP) is 3.01. The summed E-state index contributed by atoms with van der Waals surface area (Å²) in [5.74, 6) is -2.45. The molecule has 0 aromatic heterocycles. The molecule has 0 spiro atoms. The number of rotatable bonds is 6. The molecule has 2 aromatic rings. The number of benzene rings is 2. The van der Waals surface area contributed by atoms with Gasteiger partial charge in [0, 0.05) is 0 Å². The summed E-state index contributed by atoms with van der Waals surface area (Å²) in [6, 6.07) is 7.17. The highest BCUT2D eigenvalue weighted by atomic mass is 35.5. The molecule has 2 N–H and O–H groups in total. The molecule has 0 radical (unpaired) electrons. The molecule has 160 valence electrons. The molecule has 1 aliphatic heterocycles. The van der Waals surface area contributed by atoms with Crippen molar-refractivity contribution >= 4 is 39.1 Å². The highest BCUT2D eigenvalue weighted by Crippen LogP contribution is 2.25. The van der Waals surface area contributed by atoms with Crippen LogP contribution in [0.15, 0.2) is 41.4 Å². The fraction of sp³-hybridized carbons (Fsp3) is 0.263. The summed E-state index contributed by atoms with van der Waals surface area (Å²) >= 11 is 6.10. The van der Waals surface area contributed by atoms with Crippen molar-refractivity contribution in [2.75, 3.05) is 17.6 Å². The first-order valence-electron chi connectivity index (χ1n) is 8.78. The fourth-order valence-corrected chi connectivity index (χ4v) is 3.59. The Kier molecular flexibility index (Phi) is 6.27. The zero-order valence-electron chi connectivity index (χ0n) is 15.9. The maximum absolute atomic E-state index is 14.2. The number of amides is 1. The number of hydrogen-bond donors (Lipinski definition) is 2. The molecule has 7 nitrogen and oxygen atoms in total. The zero-order valence-corrected chi connectivity index (χ0v) is 17.5. The number of anilines is 1. The van der Waals surface area contributed by atoms with Crippen molar-refractivity contribution in [2.24, 2.45) is 4.99 Å². The van der Waals surface area contributed by atoms with Gasteiger partial charge >= 0.3 is 0 Å². The van der Waals surface area contributed by atoms with Crippen LogP contribution in [0.4, 0.5) is 14.5 Å². The molecule has 30 heavy (non-hydrogen) atoms. The number of carbonyl (C=O) groups excluding carboxylic acids is 1. The summed E-state index contributed by atoms with van der Waals surface area (Å²) in [7, 11) is -3.85. The Hall–Kier alpha value is -2.72. The fourth-order valence-electron chi connectivity index (χ4n) is 2.81. The van der Waals surface area contributed by atoms with E-state index in [0.29, 0.717) is 10.6 Å². The summed E-state index contributed by atoms with van der Waals surface area (Å²) < 4.78 is 58.1. The molecule has 1 amide bonds. The van der Waals surface area contributed by atoms with Crippen LogP contribution in [-0.4, -0.2) is 39.1 Å². The van der Waals surface area contributed by atoms with E-state index in [-0.39, 0.29) is 18.1 Å². The van der Waals surface area contributed by atoms with Crippen LogP contribution in [0.5, 0.6) is 0 Å². The number of carbonyl (C=O) groups is 1. The van der Waals surface area contributed by atoms with Gasteiger partial charge < -0.3 is 10.1 Å². The lowest BCUT2D eigenvalue weighted by Crippen LogP contribution is -2.36. The average molecular weight is 458 g/mol. The topological polar surface area (TPSA) is 96.9 Å². The summed E-state index contributed by atoms with van der Waals surface area (Å²) in [4.78, 5) is 16.7. The predicted molar refractivity (Wildman–Crippen MR) is 109 cm³/mol. The minimum atomic E-state index is -3.85. The summed E-state index contributed by atoms with van der Waals surface area (Å²) in [5.41, 5.74) is -0.106. The molecule has 2 aromatic carbocycles. The normalized spacial score (nSPS) is 17.1. The Bertz CT molecular complexity index is 1100. The molecule has 0 saturated heterocycles. The maximum Gasteiger partial charge on any atom is 0.248 e. The van der Waals surface area contributed by atoms with E-state index in [1.807, 2.05) is 0 Å². The van der Waals surface area contributed by atoms with E-state index in [1.54, 1.807) is 29.0 Å². The molecule has 1 heterocycles. The second-order valence-corrected chi connectivity index (χ2v) is 8.86. The van der Waals surface area contributed by atoms with Gasteiger partial charge in [-0.2, -0.15) is 0 Å². The Balaban J connectivity index is 1.73. The smallest absolute Gasteiger partial charge is 0.248 e. The van der Waals surface area contributed by atoms with Crippen LogP contribution in [0.3, 0.4) is 0 Å². The van der Waals surface area contributed by atoms with Gasteiger partial charge in [-0.25, -0.2) is 22.2 Å². The van der Waals surface area contributed by atoms with Crippen LogP contribution in [0.1, 0.15) is 24.1 Å². The van der Waals surface area contributed by atoms with E-state index in [4.69, 9.17) is 16.3 Å². The van der Waals surface area contributed by atoms with Crippen LogP contribution < -0.4 is 10.0 Å². The summed E-state index contributed by atoms with van der Waals surface area (Å²) in [5, 5.41) is 3.05. The largest absolute Gasteiger partial charge is 0.475 e. The Labute approximate surface area is 177 Å². The van der Waals surface area contributed by atoms with Crippen molar-refractivity contribution in [2.45, 2.75) is 19.0 Å². The number of sulfonamides is 1. The highest BCUT2D eigenvalue weighted by molar-refractivity contribution is 7.92. The van der Waals surface area contributed by atoms with Gasteiger partial charge in [0.15, 0.2) is 17.7 Å². The molecule has 3 rings (SSSR count). The summed E-state index contributed by atoms with van der Waals surface area (Å²) in [6.07, 6.45) is 0.781. The van der Waals surface area contributed by atoms with Crippen molar-refractivity contribution in [1.82, 2.24) is 5.32 Å². The van der Waals surface area contributed by atoms with E-state index in [2.05, 4.69) is 10.3 Å². The Morgan fingerprint density at radius 2 is 1.90 bits per heavy atom. The number of ether oxygens (including phenoxy) is 1. The molecule has 0 fully saturated rings. The second-order valence-electron chi connectivity index (χ2n) is 6.70.